The first-order valence-electron chi connectivity index (χ1n) is 8.07. The van der Waals surface area contributed by atoms with Gasteiger partial charge in [0.15, 0.2) is 0 Å². The molecular formula is C16H20F3N3O4. The number of benzene rings is 1. The smallest absolute Gasteiger partial charge is 0.393 e. The number of hydrogen-bond acceptors (Lipinski definition) is 5. The Balaban J connectivity index is 2.11. The van der Waals surface area contributed by atoms with Crippen molar-refractivity contribution in [1.29, 1.82) is 0 Å². The first-order valence-corrected chi connectivity index (χ1v) is 8.07. The van der Waals surface area contributed by atoms with E-state index in [1.807, 2.05) is 0 Å². The van der Waals surface area contributed by atoms with Gasteiger partial charge in [-0.1, -0.05) is 0 Å². The monoisotopic (exact) mass is 375 g/mol. The molecule has 1 saturated heterocycles. The van der Waals surface area contributed by atoms with E-state index >= 15 is 0 Å². The Kier molecular flexibility index (Phi) is 6.06. The second kappa shape index (κ2) is 7.90. The number of piperidine rings is 1. The summed E-state index contributed by atoms with van der Waals surface area (Å²) >= 11 is 0. The Morgan fingerprint density at radius 1 is 1.46 bits per heavy atom. The Bertz CT molecular complexity index is 681. The van der Waals surface area contributed by atoms with E-state index in [4.69, 9.17) is 4.74 Å². The quantitative estimate of drug-likeness (QED) is 0.631. The predicted octanol–water partition coefficient (Wildman–Crippen LogP) is 3.20. The van der Waals surface area contributed by atoms with Gasteiger partial charge in [-0.2, -0.15) is 13.2 Å². The molecule has 2 rings (SSSR count). The highest BCUT2D eigenvalue weighted by atomic mass is 19.4. The number of rotatable bonds is 5. The lowest BCUT2D eigenvalue weighted by Crippen LogP contribution is -2.49. The van der Waals surface area contributed by atoms with Crippen molar-refractivity contribution in [1.82, 2.24) is 4.90 Å². The summed E-state index contributed by atoms with van der Waals surface area (Å²) in [6.07, 6.45) is -3.90. The number of ether oxygens (including phenoxy) is 1. The molecule has 0 spiro atoms. The van der Waals surface area contributed by atoms with Crippen LogP contribution in [0.3, 0.4) is 0 Å². The third-order valence-electron chi connectivity index (χ3n) is 4.49. The Hall–Kier alpha value is -2.36. The van der Waals surface area contributed by atoms with Crippen LogP contribution in [0, 0.1) is 16.0 Å². The van der Waals surface area contributed by atoms with Gasteiger partial charge in [-0.05, 0) is 32.4 Å². The molecule has 0 bridgehead atoms. The zero-order valence-corrected chi connectivity index (χ0v) is 14.4. The second-order valence-corrected chi connectivity index (χ2v) is 6.18. The summed E-state index contributed by atoms with van der Waals surface area (Å²) in [7, 11) is 1.35. The summed E-state index contributed by atoms with van der Waals surface area (Å²) in [4.78, 5) is 24.2. The Labute approximate surface area is 148 Å². The number of carbonyl (C=O) groups is 1. The molecule has 0 aromatic heterocycles. The SMILES string of the molecule is COc1ccc([N+](=O)[O-])cc1NC(=O)[C@@H](C)N1CCC[C@H](C(F)(F)F)C1. The fourth-order valence-corrected chi connectivity index (χ4v) is 2.94. The average molecular weight is 375 g/mol. The van der Waals surface area contributed by atoms with E-state index in [2.05, 4.69) is 5.32 Å². The van der Waals surface area contributed by atoms with Crippen LogP contribution in [0.2, 0.25) is 0 Å². The molecule has 1 fully saturated rings. The fraction of sp³-hybridized carbons (Fsp3) is 0.562. The largest absolute Gasteiger partial charge is 0.495 e. The van der Waals surface area contributed by atoms with Gasteiger partial charge >= 0.3 is 6.18 Å². The van der Waals surface area contributed by atoms with Gasteiger partial charge < -0.3 is 10.1 Å². The lowest BCUT2D eigenvalue weighted by Gasteiger charge is -2.36. The van der Waals surface area contributed by atoms with Crippen LogP contribution in [-0.2, 0) is 4.79 Å². The number of nitro benzene ring substituents is 1. The maximum absolute atomic E-state index is 12.9. The molecule has 1 aromatic carbocycles. The van der Waals surface area contributed by atoms with E-state index in [9.17, 15) is 28.1 Å². The number of hydrogen-bond donors (Lipinski definition) is 1. The second-order valence-electron chi connectivity index (χ2n) is 6.18. The molecule has 10 heteroatoms. The van der Waals surface area contributed by atoms with Gasteiger partial charge in [0.2, 0.25) is 5.91 Å². The number of alkyl halides is 3. The van der Waals surface area contributed by atoms with E-state index in [-0.39, 0.29) is 30.1 Å². The van der Waals surface area contributed by atoms with Crippen LogP contribution in [0.25, 0.3) is 0 Å². The van der Waals surface area contributed by atoms with E-state index < -0.39 is 29.0 Å². The summed E-state index contributed by atoms with van der Waals surface area (Å²) in [6, 6.07) is 2.91. The molecule has 0 radical (unpaired) electrons. The summed E-state index contributed by atoms with van der Waals surface area (Å²) in [6.45, 7) is 1.65. The van der Waals surface area contributed by atoms with Crippen LogP contribution in [0.5, 0.6) is 5.75 Å². The molecule has 26 heavy (non-hydrogen) atoms. The molecule has 0 saturated carbocycles. The molecule has 7 nitrogen and oxygen atoms in total. The number of anilines is 1. The fourth-order valence-electron chi connectivity index (χ4n) is 2.94. The van der Waals surface area contributed by atoms with Crippen LogP contribution in [0.1, 0.15) is 19.8 Å². The summed E-state index contributed by atoms with van der Waals surface area (Å²) < 4.78 is 43.9. The van der Waals surface area contributed by atoms with Crippen LogP contribution in [0.15, 0.2) is 18.2 Å². The molecule has 1 aliphatic heterocycles. The molecule has 1 N–H and O–H groups in total. The molecule has 0 unspecified atom stereocenters. The Morgan fingerprint density at radius 2 is 2.15 bits per heavy atom. The molecule has 1 aromatic rings. The number of likely N-dealkylation sites (tertiary alicyclic amines) is 1. The molecule has 1 aliphatic rings. The minimum atomic E-state index is -4.29. The number of non-ortho nitro benzene ring substituents is 1. The Morgan fingerprint density at radius 3 is 2.73 bits per heavy atom. The molecule has 0 aliphatic carbocycles. The van der Waals surface area contributed by atoms with Gasteiger partial charge in [0.1, 0.15) is 5.75 Å². The van der Waals surface area contributed by atoms with Gasteiger partial charge in [0.05, 0.1) is 29.7 Å². The van der Waals surface area contributed by atoms with Gasteiger partial charge in [-0.15, -0.1) is 0 Å². The molecular weight excluding hydrogens is 355 g/mol. The first kappa shape index (κ1) is 20.0. The lowest BCUT2D eigenvalue weighted by atomic mass is 9.96. The number of carbonyl (C=O) groups excluding carboxylic acids is 1. The van der Waals surface area contributed by atoms with Gasteiger partial charge in [-0.3, -0.25) is 19.8 Å². The van der Waals surface area contributed by atoms with Crippen molar-refractivity contribution in [2.24, 2.45) is 5.92 Å². The molecule has 144 valence electrons. The molecule has 1 amide bonds. The van der Waals surface area contributed by atoms with Crippen molar-refractivity contribution in [2.75, 3.05) is 25.5 Å². The van der Waals surface area contributed by atoms with Crippen molar-refractivity contribution in [2.45, 2.75) is 32.0 Å². The molecule has 2 atom stereocenters. The topological polar surface area (TPSA) is 84.7 Å². The van der Waals surface area contributed by atoms with Crippen molar-refractivity contribution < 1.29 is 27.6 Å². The minimum Gasteiger partial charge on any atom is -0.495 e. The van der Waals surface area contributed by atoms with E-state index in [0.717, 1.165) is 6.07 Å². The van der Waals surface area contributed by atoms with Crippen LogP contribution >= 0.6 is 0 Å². The summed E-state index contributed by atoms with van der Waals surface area (Å²) in [5, 5.41) is 13.4. The first-order chi connectivity index (χ1) is 12.1. The van der Waals surface area contributed by atoms with E-state index in [1.165, 1.54) is 31.1 Å². The number of methoxy groups -OCH3 is 1. The highest BCUT2D eigenvalue weighted by molar-refractivity contribution is 5.96. The van der Waals surface area contributed by atoms with Crippen LogP contribution in [-0.4, -0.2) is 48.1 Å². The highest BCUT2D eigenvalue weighted by Gasteiger charge is 2.43. The number of halogens is 3. The number of nitrogens with zero attached hydrogens (tertiary/aromatic N) is 2. The summed E-state index contributed by atoms with van der Waals surface area (Å²) in [5.41, 5.74) is -0.133. The normalized spacial score (nSPS) is 19.7. The number of amides is 1. The van der Waals surface area contributed by atoms with Gasteiger partial charge in [0, 0.05) is 18.7 Å². The highest BCUT2D eigenvalue weighted by Crippen LogP contribution is 2.34. The van der Waals surface area contributed by atoms with Crippen molar-refractivity contribution in [3.8, 4) is 5.75 Å². The third-order valence-corrected chi connectivity index (χ3v) is 4.49. The zero-order chi connectivity index (χ0) is 19.5. The number of nitro groups is 1. The van der Waals surface area contributed by atoms with Crippen LogP contribution in [0.4, 0.5) is 24.5 Å². The van der Waals surface area contributed by atoms with Crippen LogP contribution < -0.4 is 10.1 Å². The lowest BCUT2D eigenvalue weighted by molar-refractivity contribution is -0.384. The maximum Gasteiger partial charge on any atom is 0.393 e. The van der Waals surface area contributed by atoms with Crippen molar-refractivity contribution in [3.63, 3.8) is 0 Å². The van der Waals surface area contributed by atoms with E-state index in [0.29, 0.717) is 13.0 Å². The van der Waals surface area contributed by atoms with Gasteiger partial charge in [-0.25, -0.2) is 0 Å². The summed E-state index contributed by atoms with van der Waals surface area (Å²) in [5.74, 6) is -1.78. The standard InChI is InChI=1S/C16H20F3N3O4/c1-10(21-7-3-4-11(9-21)16(17,18)19)15(23)20-13-8-12(22(24)25)5-6-14(13)26-2/h5-6,8,10-11H,3-4,7,9H2,1-2H3,(H,20,23)/t10-,11+/m1/s1. The van der Waals surface area contributed by atoms with Crippen molar-refractivity contribution >= 4 is 17.3 Å². The maximum atomic E-state index is 12.9. The number of nitrogens with one attached hydrogen (secondary N) is 1. The van der Waals surface area contributed by atoms with E-state index in [1.54, 1.807) is 0 Å². The third kappa shape index (κ3) is 4.63. The minimum absolute atomic E-state index is 0.0487. The average Bonchev–Trinajstić information content (AvgIpc) is 2.60. The van der Waals surface area contributed by atoms with Crippen molar-refractivity contribution in [3.05, 3.63) is 28.3 Å². The zero-order valence-electron chi connectivity index (χ0n) is 14.4. The van der Waals surface area contributed by atoms with Gasteiger partial charge in [0.25, 0.3) is 5.69 Å². The predicted molar refractivity (Wildman–Crippen MR) is 88.1 cm³/mol. The molecule has 1 heterocycles.